The topological polar surface area (TPSA) is 68.9 Å². The minimum atomic E-state index is -4.56. The van der Waals surface area contributed by atoms with Crippen LogP contribution >= 0.6 is 0 Å². The highest BCUT2D eigenvalue weighted by Crippen LogP contribution is 2.34. The Morgan fingerprint density at radius 3 is 2.17 bits per heavy atom. The van der Waals surface area contributed by atoms with Crippen molar-refractivity contribution in [1.29, 1.82) is 0 Å². The van der Waals surface area contributed by atoms with E-state index in [0.717, 1.165) is 43.2 Å². The monoisotopic (exact) mass is 563 g/mol. The van der Waals surface area contributed by atoms with Crippen LogP contribution in [0, 0.1) is 5.92 Å². The predicted molar refractivity (Wildman–Crippen MR) is 155 cm³/mol. The second-order valence-corrected chi connectivity index (χ2v) is 11.2. The zero-order valence-corrected chi connectivity index (χ0v) is 24.2. The van der Waals surface area contributed by atoms with Gasteiger partial charge in [0.2, 0.25) is 5.91 Å². The number of morpholine rings is 1. The lowest BCUT2D eigenvalue weighted by molar-refractivity contribution is -0.161. The van der Waals surface area contributed by atoms with Crippen molar-refractivity contribution in [2.24, 2.45) is 5.92 Å². The maximum Gasteiger partial charge on any atom is 0.407 e. The minimum Gasteiger partial charge on any atom is -0.383 e. The van der Waals surface area contributed by atoms with Gasteiger partial charge in [0.25, 0.3) is 0 Å². The number of amides is 1. The van der Waals surface area contributed by atoms with Crippen LogP contribution in [0.3, 0.4) is 0 Å². The second kappa shape index (κ2) is 14.7. The molecule has 0 aliphatic carbocycles. The Hall–Kier alpha value is -2.82. The molecule has 40 heavy (non-hydrogen) atoms. The molecule has 0 aromatic heterocycles. The van der Waals surface area contributed by atoms with Crippen molar-refractivity contribution in [2.75, 3.05) is 57.2 Å². The molecule has 0 saturated carbocycles. The van der Waals surface area contributed by atoms with Crippen molar-refractivity contribution in [1.82, 2.24) is 15.5 Å². The average molecular weight is 564 g/mol. The van der Waals surface area contributed by atoms with Crippen LogP contribution in [0.1, 0.15) is 44.4 Å². The Kier molecular flexibility index (Phi) is 11.7. The summed E-state index contributed by atoms with van der Waals surface area (Å²) in [6.07, 6.45) is -4.28. The fourth-order valence-corrected chi connectivity index (χ4v) is 4.76. The molecule has 3 N–H and O–H groups in total. The Labute approximate surface area is 236 Å². The number of halogens is 3. The first-order valence-electron chi connectivity index (χ1n) is 14.0. The van der Waals surface area contributed by atoms with Crippen LogP contribution < -0.4 is 20.9 Å². The van der Waals surface area contributed by atoms with Crippen LogP contribution in [0.4, 0.5) is 24.5 Å². The summed E-state index contributed by atoms with van der Waals surface area (Å²) in [5, 5.41) is 8.84. The summed E-state index contributed by atoms with van der Waals surface area (Å²) in [5.74, 6) is -0.415. The third-order valence-electron chi connectivity index (χ3n) is 6.78. The third-order valence-corrected chi connectivity index (χ3v) is 6.78. The summed E-state index contributed by atoms with van der Waals surface area (Å²) in [7, 11) is 3.81. The molecule has 0 bridgehead atoms. The van der Waals surface area contributed by atoms with Gasteiger partial charge in [0.05, 0.1) is 19.3 Å². The highest BCUT2D eigenvalue weighted by molar-refractivity contribution is 5.82. The molecule has 1 amide bonds. The minimum absolute atomic E-state index is 0.0259. The van der Waals surface area contributed by atoms with E-state index in [1.165, 1.54) is 12.1 Å². The summed E-state index contributed by atoms with van der Waals surface area (Å²) < 4.78 is 47.9. The number of ether oxygens (including phenoxy) is 1. The predicted octanol–water partition coefficient (Wildman–Crippen LogP) is 4.81. The SMILES string of the molecule is CC(C)C[C@H](N[C@@H](c1ccc(CN(C)C)cc1)C(F)(F)F)C(=O)NC(C)CNc1ccc(N2CCOCC2)cc1. The molecule has 1 fully saturated rings. The summed E-state index contributed by atoms with van der Waals surface area (Å²) in [5.41, 5.74) is 3.05. The fourth-order valence-electron chi connectivity index (χ4n) is 4.76. The van der Waals surface area contributed by atoms with Gasteiger partial charge in [-0.1, -0.05) is 38.1 Å². The molecule has 1 aliphatic rings. The lowest BCUT2D eigenvalue weighted by Gasteiger charge is -2.29. The van der Waals surface area contributed by atoms with Gasteiger partial charge in [0.1, 0.15) is 6.04 Å². The normalized spacial score (nSPS) is 16.6. The molecule has 0 spiro atoms. The Balaban J connectivity index is 1.61. The van der Waals surface area contributed by atoms with Gasteiger partial charge < -0.3 is 25.2 Å². The molecular formula is C30H44F3N5O2. The van der Waals surface area contributed by atoms with E-state index >= 15 is 0 Å². The number of benzene rings is 2. The van der Waals surface area contributed by atoms with Gasteiger partial charge in [-0.2, -0.15) is 13.2 Å². The molecule has 3 atom stereocenters. The highest BCUT2D eigenvalue weighted by Gasteiger charge is 2.43. The van der Waals surface area contributed by atoms with E-state index in [4.69, 9.17) is 4.74 Å². The van der Waals surface area contributed by atoms with E-state index in [9.17, 15) is 18.0 Å². The van der Waals surface area contributed by atoms with Crippen LogP contribution in [-0.4, -0.2) is 76.0 Å². The summed E-state index contributed by atoms with van der Waals surface area (Å²) in [6, 6.07) is 11.2. The number of anilines is 2. The van der Waals surface area contributed by atoms with Crippen LogP contribution in [0.5, 0.6) is 0 Å². The fraction of sp³-hybridized carbons (Fsp3) is 0.567. The maximum atomic E-state index is 14.2. The first-order valence-corrected chi connectivity index (χ1v) is 14.0. The first-order chi connectivity index (χ1) is 18.9. The van der Waals surface area contributed by atoms with Gasteiger partial charge >= 0.3 is 6.18 Å². The lowest BCUT2D eigenvalue weighted by atomic mass is 9.98. The largest absolute Gasteiger partial charge is 0.407 e. The molecule has 0 radical (unpaired) electrons. The van der Waals surface area contributed by atoms with Gasteiger partial charge in [0.15, 0.2) is 0 Å². The number of nitrogens with one attached hydrogen (secondary N) is 3. The Bertz CT molecular complexity index is 1040. The Morgan fingerprint density at radius 2 is 1.62 bits per heavy atom. The number of carbonyl (C=O) groups excluding carboxylic acids is 1. The van der Waals surface area contributed by atoms with E-state index in [0.29, 0.717) is 13.1 Å². The molecular weight excluding hydrogens is 519 g/mol. The molecule has 3 rings (SSSR count). The van der Waals surface area contributed by atoms with Crippen LogP contribution in [-0.2, 0) is 16.1 Å². The van der Waals surface area contributed by atoms with Crippen molar-refractivity contribution >= 4 is 17.3 Å². The standard InChI is InChI=1S/C30H44F3N5O2/c1-21(2)18-27(36-28(30(31,32)33)24-8-6-23(7-9-24)20-37(4)5)29(39)35-22(3)19-34-25-10-12-26(13-11-25)38-14-16-40-17-15-38/h6-13,21-22,27-28,34,36H,14-20H2,1-5H3,(H,35,39)/t22?,27-,28-/m0/s1. The van der Waals surface area contributed by atoms with E-state index in [1.807, 2.05) is 64.0 Å². The van der Waals surface area contributed by atoms with Gasteiger partial charge in [-0.05, 0) is 68.8 Å². The lowest BCUT2D eigenvalue weighted by Crippen LogP contribution is -2.52. The zero-order chi connectivity index (χ0) is 29.3. The first kappa shape index (κ1) is 31.7. The quantitative estimate of drug-likeness (QED) is 0.325. The van der Waals surface area contributed by atoms with Crippen molar-refractivity contribution < 1.29 is 22.7 Å². The summed E-state index contributed by atoms with van der Waals surface area (Å²) >= 11 is 0. The molecule has 2 aromatic rings. The molecule has 1 aliphatic heterocycles. The van der Waals surface area contributed by atoms with Crippen molar-refractivity contribution in [3.8, 4) is 0 Å². The van der Waals surface area contributed by atoms with Crippen molar-refractivity contribution in [3.05, 3.63) is 59.7 Å². The molecule has 1 saturated heterocycles. The van der Waals surface area contributed by atoms with Crippen LogP contribution in [0.15, 0.2) is 48.5 Å². The number of hydrogen-bond donors (Lipinski definition) is 3. The van der Waals surface area contributed by atoms with Gasteiger partial charge in [-0.25, -0.2) is 0 Å². The molecule has 2 aromatic carbocycles. The van der Waals surface area contributed by atoms with Gasteiger partial charge in [-0.15, -0.1) is 0 Å². The number of carbonyl (C=O) groups is 1. The molecule has 1 unspecified atom stereocenters. The summed E-state index contributed by atoms with van der Waals surface area (Å²) in [6.45, 7) is 9.85. The van der Waals surface area contributed by atoms with E-state index in [2.05, 4.69) is 20.9 Å². The smallest absolute Gasteiger partial charge is 0.383 e. The molecule has 10 heteroatoms. The van der Waals surface area contributed by atoms with Crippen molar-refractivity contribution in [3.63, 3.8) is 0 Å². The van der Waals surface area contributed by atoms with Crippen LogP contribution in [0.25, 0.3) is 0 Å². The Morgan fingerprint density at radius 1 is 1.00 bits per heavy atom. The third kappa shape index (κ3) is 9.98. The number of alkyl halides is 3. The number of nitrogens with zero attached hydrogens (tertiary/aromatic N) is 2. The van der Waals surface area contributed by atoms with E-state index in [-0.39, 0.29) is 23.9 Å². The molecule has 1 heterocycles. The van der Waals surface area contributed by atoms with Crippen LogP contribution in [0.2, 0.25) is 0 Å². The maximum absolute atomic E-state index is 14.2. The zero-order valence-electron chi connectivity index (χ0n) is 24.2. The van der Waals surface area contributed by atoms with Gasteiger partial charge in [-0.3, -0.25) is 10.1 Å². The molecule has 222 valence electrons. The van der Waals surface area contributed by atoms with Gasteiger partial charge in [0, 0.05) is 43.6 Å². The highest BCUT2D eigenvalue weighted by atomic mass is 19.4. The summed E-state index contributed by atoms with van der Waals surface area (Å²) in [4.78, 5) is 17.4. The van der Waals surface area contributed by atoms with E-state index < -0.39 is 24.2 Å². The van der Waals surface area contributed by atoms with Crippen molar-refractivity contribution in [2.45, 2.75) is 58.0 Å². The number of rotatable bonds is 13. The average Bonchev–Trinajstić information content (AvgIpc) is 2.90. The second-order valence-electron chi connectivity index (χ2n) is 11.2. The number of hydrogen-bond acceptors (Lipinski definition) is 6. The molecule has 7 nitrogen and oxygen atoms in total. The van der Waals surface area contributed by atoms with E-state index in [1.54, 1.807) is 12.1 Å².